The van der Waals surface area contributed by atoms with Crippen LogP contribution in [-0.2, 0) is 4.74 Å². The molecule has 0 aliphatic carbocycles. The zero-order valence-corrected chi connectivity index (χ0v) is 6.52. The van der Waals surface area contributed by atoms with Gasteiger partial charge in [0.1, 0.15) is 0 Å². The Morgan fingerprint density at radius 2 is 2.36 bits per heavy atom. The van der Waals surface area contributed by atoms with Crippen LogP contribution in [0.3, 0.4) is 0 Å². The zero-order valence-electron chi connectivity index (χ0n) is 6.52. The topological polar surface area (TPSA) is 88.2 Å². The van der Waals surface area contributed by atoms with Gasteiger partial charge >= 0.3 is 6.09 Å². The van der Waals surface area contributed by atoms with E-state index in [1.165, 1.54) is 0 Å². The number of carbonyl (C=O) groups excluding carboxylic acids is 1. The van der Waals surface area contributed by atoms with E-state index < -0.39 is 12.1 Å². The molecule has 0 heterocycles. The molecule has 0 fully saturated rings. The summed E-state index contributed by atoms with van der Waals surface area (Å²) in [5.41, 5.74) is 4.80. The highest BCUT2D eigenvalue weighted by molar-refractivity contribution is 5.83. The molecule has 0 aromatic carbocycles. The summed E-state index contributed by atoms with van der Waals surface area (Å²) in [6.45, 7) is 2.57. The molecule has 5 heteroatoms. The molecule has 64 valence electrons. The maximum atomic E-state index is 10.6. The van der Waals surface area contributed by atoms with Gasteiger partial charge in [0, 0.05) is 6.54 Å². The average molecular weight is 159 g/mol. The maximum Gasteiger partial charge on any atom is 0.414 e. The van der Waals surface area contributed by atoms with E-state index in [1.807, 2.05) is 6.92 Å². The van der Waals surface area contributed by atoms with Crippen LogP contribution in [-0.4, -0.2) is 18.7 Å². The number of ether oxygens (including phenoxy) is 1. The van der Waals surface area contributed by atoms with E-state index >= 15 is 0 Å². The summed E-state index contributed by atoms with van der Waals surface area (Å²) in [6.07, 6.45) is 1.24. The third-order valence-corrected chi connectivity index (χ3v) is 1.00. The number of carbonyl (C=O) groups is 1. The van der Waals surface area contributed by atoms with E-state index in [2.05, 4.69) is 10.1 Å². The number of nitrogens with one attached hydrogen (secondary N) is 2. The second-order valence-electron chi connectivity index (χ2n) is 2.03. The smallest absolute Gasteiger partial charge is 0.377 e. The fourth-order valence-electron chi connectivity index (χ4n) is 0.503. The van der Waals surface area contributed by atoms with Crippen molar-refractivity contribution < 1.29 is 9.53 Å². The minimum atomic E-state index is -0.661. The van der Waals surface area contributed by atoms with E-state index in [9.17, 15) is 4.79 Å². The monoisotopic (exact) mass is 159 g/mol. The van der Waals surface area contributed by atoms with Gasteiger partial charge in [0.15, 0.2) is 0 Å². The first-order valence-electron chi connectivity index (χ1n) is 3.46. The molecule has 0 aromatic heterocycles. The second kappa shape index (κ2) is 5.52. The fourth-order valence-corrected chi connectivity index (χ4v) is 0.503. The molecule has 0 bridgehead atoms. The lowest BCUT2D eigenvalue weighted by Gasteiger charge is -2.02. The standard InChI is InChI=1S/C6H13N3O2/c1-2-3-4-9-6(10)11-5(7)8/h2-4H2,1H3,(H3,7,8)(H,9,10). The molecule has 0 radical (unpaired) electrons. The first-order chi connectivity index (χ1) is 5.16. The van der Waals surface area contributed by atoms with Crippen LogP contribution >= 0.6 is 0 Å². The Morgan fingerprint density at radius 1 is 1.73 bits per heavy atom. The lowest BCUT2D eigenvalue weighted by atomic mass is 10.3. The van der Waals surface area contributed by atoms with E-state index in [0.29, 0.717) is 6.54 Å². The zero-order chi connectivity index (χ0) is 8.69. The van der Waals surface area contributed by atoms with Gasteiger partial charge in [-0.05, 0) is 6.42 Å². The van der Waals surface area contributed by atoms with Gasteiger partial charge in [-0.1, -0.05) is 13.3 Å². The predicted molar refractivity (Wildman–Crippen MR) is 41.3 cm³/mol. The fraction of sp³-hybridized carbons (Fsp3) is 0.667. The minimum Gasteiger partial charge on any atom is -0.377 e. The number of hydrogen-bond acceptors (Lipinski definition) is 3. The molecule has 0 saturated heterocycles. The van der Waals surface area contributed by atoms with Crippen LogP contribution in [0, 0.1) is 5.41 Å². The van der Waals surface area contributed by atoms with Gasteiger partial charge in [0.2, 0.25) is 0 Å². The number of rotatable bonds is 3. The van der Waals surface area contributed by atoms with Crippen molar-refractivity contribution in [1.29, 1.82) is 5.41 Å². The van der Waals surface area contributed by atoms with E-state index in [-0.39, 0.29) is 0 Å². The van der Waals surface area contributed by atoms with Gasteiger partial charge in [-0.3, -0.25) is 5.41 Å². The van der Waals surface area contributed by atoms with Crippen molar-refractivity contribution in [2.24, 2.45) is 5.73 Å². The number of alkyl carbamates (subject to hydrolysis) is 1. The Bertz CT molecular complexity index is 147. The summed E-state index contributed by atoms with van der Waals surface area (Å²) in [4.78, 5) is 10.6. The normalized spacial score (nSPS) is 8.82. The highest BCUT2D eigenvalue weighted by Crippen LogP contribution is 1.83. The van der Waals surface area contributed by atoms with Crippen LogP contribution in [0.5, 0.6) is 0 Å². The minimum absolute atomic E-state index is 0.558. The maximum absolute atomic E-state index is 10.6. The van der Waals surface area contributed by atoms with Gasteiger partial charge in [-0.2, -0.15) is 0 Å². The van der Waals surface area contributed by atoms with Crippen molar-refractivity contribution in [3.8, 4) is 0 Å². The molecule has 5 nitrogen and oxygen atoms in total. The van der Waals surface area contributed by atoms with Gasteiger partial charge < -0.3 is 15.8 Å². The molecule has 0 aliphatic rings. The third kappa shape index (κ3) is 6.63. The molecule has 0 aromatic rings. The Morgan fingerprint density at radius 3 is 2.82 bits per heavy atom. The molecule has 0 spiro atoms. The predicted octanol–water partition coefficient (Wildman–Crippen LogP) is 0.406. The van der Waals surface area contributed by atoms with Gasteiger partial charge in [0.25, 0.3) is 6.02 Å². The van der Waals surface area contributed by atoms with Gasteiger partial charge in [-0.25, -0.2) is 4.79 Å². The lowest BCUT2D eigenvalue weighted by Crippen LogP contribution is -2.30. The van der Waals surface area contributed by atoms with Gasteiger partial charge in [0.05, 0.1) is 0 Å². The first kappa shape index (κ1) is 9.74. The van der Waals surface area contributed by atoms with E-state index in [1.54, 1.807) is 0 Å². The van der Waals surface area contributed by atoms with E-state index in [4.69, 9.17) is 11.1 Å². The molecule has 0 unspecified atom stereocenters. The summed E-state index contributed by atoms with van der Waals surface area (Å²) in [7, 11) is 0. The molecule has 0 atom stereocenters. The van der Waals surface area contributed by atoms with Crippen molar-refractivity contribution in [1.82, 2.24) is 5.32 Å². The van der Waals surface area contributed by atoms with Crippen LogP contribution in [0.4, 0.5) is 4.79 Å². The third-order valence-electron chi connectivity index (χ3n) is 1.00. The summed E-state index contributed by atoms with van der Waals surface area (Å²) < 4.78 is 4.21. The number of amidine groups is 1. The molecular formula is C6H13N3O2. The summed E-state index contributed by atoms with van der Waals surface area (Å²) >= 11 is 0. The first-order valence-corrected chi connectivity index (χ1v) is 3.46. The SMILES string of the molecule is CCCCNC(=O)OC(=N)N. The van der Waals surface area contributed by atoms with Crippen LogP contribution in [0.2, 0.25) is 0 Å². The number of nitrogens with two attached hydrogens (primary N) is 1. The molecular weight excluding hydrogens is 146 g/mol. The lowest BCUT2D eigenvalue weighted by molar-refractivity contribution is 0.196. The average Bonchev–Trinajstić information content (AvgIpc) is 1.86. The number of unbranched alkanes of at least 4 members (excludes halogenated alkanes) is 1. The number of amides is 1. The molecule has 11 heavy (non-hydrogen) atoms. The van der Waals surface area contributed by atoms with Crippen LogP contribution < -0.4 is 11.1 Å². The van der Waals surface area contributed by atoms with E-state index in [0.717, 1.165) is 12.8 Å². The molecule has 0 saturated carbocycles. The molecule has 0 aliphatic heterocycles. The van der Waals surface area contributed by atoms with Crippen LogP contribution in [0.15, 0.2) is 0 Å². The number of hydrogen-bond donors (Lipinski definition) is 3. The highest BCUT2D eigenvalue weighted by atomic mass is 16.6. The molecule has 4 N–H and O–H groups in total. The van der Waals surface area contributed by atoms with Crippen LogP contribution in [0.25, 0.3) is 0 Å². The van der Waals surface area contributed by atoms with Crippen molar-refractivity contribution >= 4 is 12.1 Å². The summed E-state index contributed by atoms with van der Waals surface area (Å²) in [5.74, 6) is 0. The highest BCUT2D eigenvalue weighted by Gasteiger charge is 2.00. The Hall–Kier alpha value is -1.26. The van der Waals surface area contributed by atoms with Gasteiger partial charge in [-0.15, -0.1) is 0 Å². The Kier molecular flexibility index (Phi) is 4.89. The van der Waals surface area contributed by atoms with Crippen molar-refractivity contribution in [2.45, 2.75) is 19.8 Å². The second-order valence-corrected chi connectivity index (χ2v) is 2.03. The summed E-state index contributed by atoms with van der Waals surface area (Å²) in [6, 6.07) is -0.584. The Balaban J connectivity index is 3.30. The van der Waals surface area contributed by atoms with Crippen LogP contribution in [0.1, 0.15) is 19.8 Å². The largest absolute Gasteiger partial charge is 0.414 e. The molecule has 0 rings (SSSR count). The summed E-state index contributed by atoms with van der Waals surface area (Å²) in [5, 5.41) is 9.03. The Labute approximate surface area is 65.4 Å². The van der Waals surface area contributed by atoms with Crippen molar-refractivity contribution in [2.75, 3.05) is 6.54 Å². The van der Waals surface area contributed by atoms with Crippen molar-refractivity contribution in [3.05, 3.63) is 0 Å². The van der Waals surface area contributed by atoms with Crippen molar-refractivity contribution in [3.63, 3.8) is 0 Å². The molecule has 1 amide bonds. The quantitative estimate of drug-likeness (QED) is 0.316.